The zero-order valence-electron chi connectivity index (χ0n) is 11.0. The van der Waals surface area contributed by atoms with Crippen LogP contribution in [0.2, 0.25) is 0 Å². The summed E-state index contributed by atoms with van der Waals surface area (Å²) >= 11 is 0. The number of nitrogens with zero attached hydrogens (tertiary/aromatic N) is 1. The average Bonchev–Trinajstić information content (AvgIpc) is 2.90. The monoisotopic (exact) mass is 260 g/mol. The lowest BCUT2D eigenvalue weighted by molar-refractivity contribution is 0.0940. The summed E-state index contributed by atoms with van der Waals surface area (Å²) in [6.07, 6.45) is 8.71. The van der Waals surface area contributed by atoms with Gasteiger partial charge in [-0.2, -0.15) is 5.10 Å². The molecule has 0 saturated heterocycles. The van der Waals surface area contributed by atoms with Crippen LogP contribution in [-0.2, 0) is 13.0 Å². The first kappa shape index (κ1) is 12.4. The number of H-pyrrole nitrogens is 1. The summed E-state index contributed by atoms with van der Waals surface area (Å²) in [5.41, 5.74) is 2.70. The van der Waals surface area contributed by atoms with Gasteiger partial charge in [-0.1, -0.05) is 12.2 Å². The first-order valence-electron chi connectivity index (χ1n) is 7.04. The lowest BCUT2D eigenvalue weighted by atomic mass is 9.94. The van der Waals surface area contributed by atoms with Crippen molar-refractivity contribution in [3.8, 4) is 0 Å². The molecule has 0 saturated carbocycles. The summed E-state index contributed by atoms with van der Waals surface area (Å²) in [6.45, 7) is 2.43. The number of rotatable bonds is 3. The van der Waals surface area contributed by atoms with Gasteiger partial charge in [0.2, 0.25) is 0 Å². The van der Waals surface area contributed by atoms with Crippen LogP contribution >= 0.6 is 0 Å². The first-order chi connectivity index (χ1) is 9.34. The van der Waals surface area contributed by atoms with E-state index in [-0.39, 0.29) is 5.91 Å². The van der Waals surface area contributed by atoms with Gasteiger partial charge in [0.05, 0.1) is 0 Å². The van der Waals surface area contributed by atoms with E-state index in [4.69, 9.17) is 0 Å². The molecule has 0 radical (unpaired) electrons. The van der Waals surface area contributed by atoms with Gasteiger partial charge in [-0.25, -0.2) is 0 Å². The molecule has 1 aromatic rings. The molecular weight excluding hydrogens is 240 g/mol. The number of allylic oxidation sites excluding steroid dienone is 2. The van der Waals surface area contributed by atoms with Crippen LogP contribution < -0.4 is 10.6 Å². The van der Waals surface area contributed by atoms with Crippen LogP contribution in [0.1, 0.15) is 41.0 Å². The molecule has 2 heterocycles. The number of aromatic nitrogens is 2. The van der Waals surface area contributed by atoms with Crippen LogP contribution in [0.15, 0.2) is 12.2 Å². The number of amides is 1. The third kappa shape index (κ3) is 2.71. The molecule has 2 aliphatic rings. The van der Waals surface area contributed by atoms with Crippen LogP contribution in [-0.4, -0.2) is 29.2 Å². The van der Waals surface area contributed by atoms with Gasteiger partial charge in [0, 0.05) is 37.3 Å². The zero-order valence-corrected chi connectivity index (χ0v) is 11.0. The highest BCUT2D eigenvalue weighted by Crippen LogP contribution is 2.18. The van der Waals surface area contributed by atoms with Gasteiger partial charge in [-0.05, 0) is 25.2 Å². The first-order valence-corrected chi connectivity index (χ1v) is 7.04. The normalized spacial score (nSPS) is 22.0. The van der Waals surface area contributed by atoms with Crippen molar-refractivity contribution in [1.82, 2.24) is 20.8 Å². The average molecular weight is 260 g/mol. The van der Waals surface area contributed by atoms with Gasteiger partial charge in [-0.15, -0.1) is 0 Å². The summed E-state index contributed by atoms with van der Waals surface area (Å²) in [5.74, 6) is 0.526. The molecule has 0 spiro atoms. The minimum atomic E-state index is -0.0456. The number of fused-ring (bicyclic) bond motifs is 1. The topological polar surface area (TPSA) is 69.8 Å². The van der Waals surface area contributed by atoms with Gasteiger partial charge in [0.1, 0.15) is 0 Å². The number of carbonyl (C=O) groups is 1. The highest BCUT2D eigenvalue weighted by molar-refractivity contribution is 5.94. The molecule has 1 atom stereocenters. The molecule has 0 fully saturated rings. The van der Waals surface area contributed by atoms with Crippen molar-refractivity contribution >= 4 is 5.91 Å². The van der Waals surface area contributed by atoms with E-state index in [1.807, 2.05) is 0 Å². The molecular formula is C14H20N4O. The molecule has 19 heavy (non-hydrogen) atoms. The minimum Gasteiger partial charge on any atom is -0.350 e. The number of hydrogen-bond acceptors (Lipinski definition) is 3. The van der Waals surface area contributed by atoms with Crippen molar-refractivity contribution in [3.05, 3.63) is 29.1 Å². The van der Waals surface area contributed by atoms with Crippen molar-refractivity contribution < 1.29 is 4.79 Å². The molecule has 1 aliphatic carbocycles. The lowest BCUT2D eigenvalue weighted by Gasteiger charge is -2.18. The molecule has 5 nitrogen and oxygen atoms in total. The molecule has 102 valence electrons. The number of carbonyl (C=O) groups excluding carboxylic acids is 1. The summed E-state index contributed by atoms with van der Waals surface area (Å²) in [6, 6.07) is 0. The van der Waals surface area contributed by atoms with E-state index < -0.39 is 0 Å². The van der Waals surface area contributed by atoms with Crippen molar-refractivity contribution in [2.75, 3.05) is 13.1 Å². The minimum absolute atomic E-state index is 0.0456. The lowest BCUT2D eigenvalue weighted by Crippen LogP contribution is -2.32. The van der Waals surface area contributed by atoms with Crippen LogP contribution in [0.25, 0.3) is 0 Å². The van der Waals surface area contributed by atoms with Gasteiger partial charge < -0.3 is 10.6 Å². The van der Waals surface area contributed by atoms with E-state index in [0.29, 0.717) is 11.6 Å². The molecule has 3 N–H and O–H groups in total. The van der Waals surface area contributed by atoms with E-state index >= 15 is 0 Å². The molecule has 3 rings (SSSR count). The van der Waals surface area contributed by atoms with Gasteiger partial charge in [0.15, 0.2) is 5.69 Å². The summed E-state index contributed by atoms with van der Waals surface area (Å²) in [4.78, 5) is 12.2. The molecule has 1 amide bonds. The number of nitrogens with one attached hydrogen (secondary N) is 3. The highest BCUT2D eigenvalue weighted by Gasteiger charge is 2.22. The van der Waals surface area contributed by atoms with E-state index in [0.717, 1.165) is 56.6 Å². The second kappa shape index (κ2) is 5.57. The van der Waals surface area contributed by atoms with Crippen LogP contribution in [0.3, 0.4) is 0 Å². The highest BCUT2D eigenvalue weighted by atomic mass is 16.1. The Morgan fingerprint density at radius 2 is 2.42 bits per heavy atom. The quantitative estimate of drug-likeness (QED) is 0.714. The second-order valence-corrected chi connectivity index (χ2v) is 5.32. The predicted molar refractivity (Wildman–Crippen MR) is 72.8 cm³/mol. The summed E-state index contributed by atoms with van der Waals surface area (Å²) in [5, 5.41) is 13.5. The van der Waals surface area contributed by atoms with Gasteiger partial charge >= 0.3 is 0 Å². The smallest absolute Gasteiger partial charge is 0.272 e. The maximum atomic E-state index is 12.2. The fraction of sp³-hybridized carbons (Fsp3) is 0.571. The van der Waals surface area contributed by atoms with Gasteiger partial charge in [-0.3, -0.25) is 9.89 Å². The van der Waals surface area contributed by atoms with E-state index in [1.165, 1.54) is 0 Å². The molecule has 1 aliphatic heterocycles. The Morgan fingerprint density at radius 3 is 3.26 bits per heavy atom. The molecule has 1 unspecified atom stereocenters. The van der Waals surface area contributed by atoms with Gasteiger partial charge in [0.25, 0.3) is 5.91 Å². The summed E-state index contributed by atoms with van der Waals surface area (Å²) < 4.78 is 0. The predicted octanol–water partition coefficient (Wildman–Crippen LogP) is 1.14. The number of aromatic amines is 1. The Bertz CT molecular complexity index is 492. The molecule has 5 heteroatoms. The Morgan fingerprint density at radius 1 is 1.47 bits per heavy atom. The number of hydrogen-bond donors (Lipinski definition) is 3. The van der Waals surface area contributed by atoms with E-state index in [9.17, 15) is 4.79 Å². The third-order valence-electron chi connectivity index (χ3n) is 3.95. The SMILES string of the molecule is O=C(NCC1CC=CCC1)c1n[nH]c2c1CNCC2. The largest absolute Gasteiger partial charge is 0.350 e. The maximum absolute atomic E-state index is 12.2. The Hall–Kier alpha value is -1.62. The zero-order chi connectivity index (χ0) is 13.1. The van der Waals surface area contributed by atoms with Crippen LogP contribution in [0.5, 0.6) is 0 Å². The fourth-order valence-electron chi connectivity index (χ4n) is 2.78. The van der Waals surface area contributed by atoms with Crippen LogP contribution in [0.4, 0.5) is 0 Å². The molecule has 0 aromatic carbocycles. The van der Waals surface area contributed by atoms with Crippen molar-refractivity contribution in [2.45, 2.75) is 32.2 Å². The Labute approximate surface area is 112 Å². The second-order valence-electron chi connectivity index (χ2n) is 5.32. The van der Waals surface area contributed by atoms with Crippen molar-refractivity contribution in [1.29, 1.82) is 0 Å². The fourth-order valence-corrected chi connectivity index (χ4v) is 2.78. The van der Waals surface area contributed by atoms with E-state index in [2.05, 4.69) is 33.0 Å². The third-order valence-corrected chi connectivity index (χ3v) is 3.95. The molecule has 1 aromatic heterocycles. The Kier molecular flexibility index (Phi) is 3.64. The summed E-state index contributed by atoms with van der Waals surface area (Å²) in [7, 11) is 0. The van der Waals surface area contributed by atoms with E-state index in [1.54, 1.807) is 0 Å². The Balaban J connectivity index is 1.61. The maximum Gasteiger partial charge on any atom is 0.272 e. The molecule has 0 bridgehead atoms. The van der Waals surface area contributed by atoms with Crippen LogP contribution in [0, 0.1) is 5.92 Å². The van der Waals surface area contributed by atoms with Crippen molar-refractivity contribution in [2.24, 2.45) is 5.92 Å². The van der Waals surface area contributed by atoms with Crippen molar-refractivity contribution in [3.63, 3.8) is 0 Å². The standard InChI is InChI=1S/C14H20N4O/c19-14(16-8-10-4-2-1-3-5-10)13-11-9-15-7-6-12(11)17-18-13/h1-2,10,15H,3-9H2,(H,16,19)(H,17,18).